The lowest BCUT2D eigenvalue weighted by molar-refractivity contribution is -0.118. The van der Waals surface area contributed by atoms with Crippen molar-refractivity contribution < 1.29 is 17.5 Å². The summed E-state index contributed by atoms with van der Waals surface area (Å²) in [5, 5.41) is 6.32. The minimum Gasteiger partial charge on any atom is -0.311 e. The van der Waals surface area contributed by atoms with Crippen molar-refractivity contribution >= 4 is 61.3 Å². The van der Waals surface area contributed by atoms with Gasteiger partial charge in [-0.05, 0) is 61.3 Å². The molecule has 32 heavy (non-hydrogen) atoms. The molecule has 0 unspecified atom stereocenters. The average molecular weight is 518 g/mol. The van der Waals surface area contributed by atoms with Gasteiger partial charge in [-0.1, -0.05) is 29.3 Å². The Morgan fingerprint density at radius 1 is 1.16 bits per heavy atom. The van der Waals surface area contributed by atoms with E-state index in [1.54, 1.807) is 28.5 Å². The molecule has 0 saturated carbocycles. The highest BCUT2D eigenvalue weighted by atomic mass is 35.5. The van der Waals surface area contributed by atoms with Gasteiger partial charge in [0.25, 0.3) is 10.0 Å². The number of hydrogen-bond acceptors (Lipinski definition) is 6. The molecule has 174 valence electrons. The molecule has 7 nitrogen and oxygen atoms in total. The number of halogens is 2. The summed E-state index contributed by atoms with van der Waals surface area (Å²) >= 11 is 13.2. The zero-order valence-electron chi connectivity index (χ0n) is 16.8. The van der Waals surface area contributed by atoms with Crippen molar-refractivity contribution in [3.8, 4) is 0 Å². The number of nitrogens with one attached hydrogen (secondary N) is 2. The quantitative estimate of drug-likeness (QED) is 0.442. The number of hydrogen-bond donors (Lipinski definition) is 2. The van der Waals surface area contributed by atoms with E-state index in [2.05, 4.69) is 15.0 Å². The van der Waals surface area contributed by atoms with Gasteiger partial charge in [-0.2, -0.15) is 0 Å². The van der Waals surface area contributed by atoms with E-state index in [4.69, 9.17) is 23.2 Å². The van der Waals surface area contributed by atoms with E-state index < -0.39 is 10.0 Å². The van der Waals surface area contributed by atoms with E-state index in [0.717, 1.165) is 12.0 Å². The Morgan fingerprint density at radius 3 is 2.62 bits per heavy atom. The van der Waals surface area contributed by atoms with Crippen LogP contribution in [0.25, 0.3) is 0 Å². The SMILES string of the molecule is O=C1[C@@H](NCCc2ccc(Cl)c(Cl)c2)CCN1c1ccc(S(=O)(=O)Nc2nccs2)cc1.[HH].[HH].[HH]. The number of thiazole rings is 1. The number of sulfonamides is 1. The summed E-state index contributed by atoms with van der Waals surface area (Å²) in [6, 6.07) is 11.5. The van der Waals surface area contributed by atoms with Gasteiger partial charge >= 0.3 is 0 Å². The highest BCUT2D eigenvalue weighted by molar-refractivity contribution is 7.93. The summed E-state index contributed by atoms with van der Waals surface area (Å²) in [6.45, 7) is 1.19. The molecule has 2 N–H and O–H groups in total. The van der Waals surface area contributed by atoms with Crippen molar-refractivity contribution in [1.29, 1.82) is 0 Å². The van der Waals surface area contributed by atoms with Gasteiger partial charge in [-0.3, -0.25) is 9.52 Å². The molecule has 1 aliphatic rings. The van der Waals surface area contributed by atoms with Gasteiger partial charge in [0.05, 0.1) is 21.0 Å². The molecule has 1 amide bonds. The fourth-order valence-electron chi connectivity index (χ4n) is 3.46. The van der Waals surface area contributed by atoms with E-state index in [0.29, 0.717) is 40.4 Å². The van der Waals surface area contributed by atoms with Crippen LogP contribution in [0.4, 0.5) is 10.8 Å². The zero-order chi connectivity index (χ0) is 22.7. The third-order valence-electron chi connectivity index (χ3n) is 5.11. The Hall–Kier alpha value is -2.17. The average Bonchev–Trinajstić information content (AvgIpc) is 3.40. The van der Waals surface area contributed by atoms with Crippen molar-refractivity contribution in [2.45, 2.75) is 23.8 Å². The van der Waals surface area contributed by atoms with Crippen LogP contribution in [-0.4, -0.2) is 38.4 Å². The van der Waals surface area contributed by atoms with E-state index in [1.165, 1.54) is 29.7 Å². The Labute approximate surface area is 204 Å². The van der Waals surface area contributed by atoms with Crippen molar-refractivity contribution in [2.75, 3.05) is 22.7 Å². The maximum Gasteiger partial charge on any atom is 0.263 e. The van der Waals surface area contributed by atoms with Gasteiger partial charge in [0.1, 0.15) is 0 Å². The van der Waals surface area contributed by atoms with E-state index in [9.17, 15) is 13.2 Å². The van der Waals surface area contributed by atoms with Gasteiger partial charge in [-0.25, -0.2) is 13.4 Å². The van der Waals surface area contributed by atoms with E-state index in [-0.39, 0.29) is 21.1 Å². The smallest absolute Gasteiger partial charge is 0.263 e. The Kier molecular flexibility index (Phi) is 7.02. The predicted octanol–water partition coefficient (Wildman–Crippen LogP) is 4.93. The fraction of sp³-hybridized carbons (Fsp3) is 0.238. The second kappa shape index (κ2) is 9.76. The highest BCUT2D eigenvalue weighted by Gasteiger charge is 2.32. The zero-order valence-corrected chi connectivity index (χ0v) is 19.9. The molecule has 0 spiro atoms. The molecule has 0 bridgehead atoms. The first kappa shape index (κ1) is 23.0. The minimum atomic E-state index is -3.73. The van der Waals surface area contributed by atoms with E-state index in [1.807, 2.05) is 12.1 Å². The third-order valence-corrected chi connectivity index (χ3v) is 8.02. The molecule has 1 aromatic heterocycles. The van der Waals surface area contributed by atoms with Crippen LogP contribution in [0.1, 0.15) is 16.3 Å². The van der Waals surface area contributed by atoms with Crippen molar-refractivity contribution in [2.24, 2.45) is 0 Å². The molecule has 3 aromatic rings. The standard InChI is InChI=1S/C21H20Cl2N4O3S2.3H2/c22-17-6-1-14(13-18(17)23)7-9-24-19-8-11-27(20(19)28)15-2-4-16(5-3-15)32(29,30)26-21-25-10-12-31-21;;;/h1-6,10,12-13,19,24H,7-9,11H2,(H,25,26);3*1H/t19-;;;/m0.../s1. The fourth-order valence-corrected chi connectivity index (χ4v) is 5.57. The van der Waals surface area contributed by atoms with Crippen LogP contribution in [0, 0.1) is 0 Å². The van der Waals surface area contributed by atoms with Crippen LogP contribution in [-0.2, 0) is 21.2 Å². The summed E-state index contributed by atoms with van der Waals surface area (Å²) < 4.78 is 27.4. The largest absolute Gasteiger partial charge is 0.311 e. The molecule has 1 fully saturated rings. The van der Waals surface area contributed by atoms with Gasteiger partial charge in [0.15, 0.2) is 5.13 Å². The van der Waals surface area contributed by atoms with Gasteiger partial charge in [0, 0.05) is 28.1 Å². The highest BCUT2D eigenvalue weighted by Crippen LogP contribution is 2.25. The second-order valence-electron chi connectivity index (χ2n) is 7.22. The van der Waals surface area contributed by atoms with Crippen molar-refractivity contribution in [3.05, 3.63) is 69.7 Å². The first-order valence-electron chi connectivity index (χ1n) is 9.84. The number of benzene rings is 2. The van der Waals surface area contributed by atoms with Gasteiger partial charge in [0.2, 0.25) is 5.91 Å². The molecule has 1 aliphatic heterocycles. The molecule has 4 rings (SSSR count). The summed E-state index contributed by atoms with van der Waals surface area (Å²) in [5.74, 6) is -0.0318. The lowest BCUT2D eigenvalue weighted by atomic mass is 10.1. The van der Waals surface area contributed by atoms with Crippen LogP contribution in [0.15, 0.2) is 58.9 Å². The topological polar surface area (TPSA) is 91.4 Å². The maximum atomic E-state index is 12.8. The van der Waals surface area contributed by atoms with Crippen molar-refractivity contribution in [3.63, 3.8) is 0 Å². The molecular weight excluding hydrogens is 491 g/mol. The lowest BCUT2D eigenvalue weighted by Crippen LogP contribution is -2.39. The van der Waals surface area contributed by atoms with E-state index >= 15 is 0 Å². The summed E-state index contributed by atoms with van der Waals surface area (Å²) in [6.07, 6.45) is 2.92. The maximum absolute atomic E-state index is 12.8. The minimum absolute atomic E-state index is 0. The molecule has 2 heterocycles. The first-order chi connectivity index (χ1) is 15.3. The Bertz CT molecular complexity index is 1220. The summed E-state index contributed by atoms with van der Waals surface area (Å²) in [4.78, 5) is 18.5. The summed E-state index contributed by atoms with van der Waals surface area (Å²) in [5.41, 5.74) is 1.70. The van der Waals surface area contributed by atoms with Crippen LogP contribution in [0.3, 0.4) is 0 Å². The molecule has 0 radical (unpaired) electrons. The summed E-state index contributed by atoms with van der Waals surface area (Å²) in [7, 11) is -3.73. The van der Waals surface area contributed by atoms with Crippen LogP contribution < -0.4 is 14.9 Å². The van der Waals surface area contributed by atoms with Gasteiger partial charge in [-0.15, -0.1) is 11.3 Å². The third kappa shape index (κ3) is 5.24. The second-order valence-corrected chi connectivity index (χ2v) is 10.6. The van der Waals surface area contributed by atoms with Crippen LogP contribution in [0.5, 0.6) is 0 Å². The molecule has 0 aliphatic carbocycles. The molecule has 1 atom stereocenters. The molecule has 1 saturated heterocycles. The molecular formula is C21H26Cl2N4O3S2. The number of carbonyl (C=O) groups is 1. The molecule has 11 heteroatoms. The Balaban J connectivity index is 0.00000204. The molecule has 2 aromatic carbocycles. The predicted molar refractivity (Wildman–Crippen MR) is 135 cm³/mol. The van der Waals surface area contributed by atoms with Gasteiger partial charge < -0.3 is 10.2 Å². The lowest BCUT2D eigenvalue weighted by Gasteiger charge is -2.18. The number of aromatic nitrogens is 1. The number of nitrogens with zero attached hydrogens (tertiary/aromatic N) is 2. The number of amides is 1. The van der Waals surface area contributed by atoms with Crippen molar-refractivity contribution in [1.82, 2.24) is 10.3 Å². The number of carbonyl (C=O) groups excluding carboxylic acids is 1. The number of anilines is 2. The Morgan fingerprint density at radius 2 is 1.94 bits per heavy atom. The number of rotatable bonds is 8. The normalized spacial score (nSPS) is 16.5. The monoisotopic (exact) mass is 516 g/mol. The van der Waals surface area contributed by atoms with Crippen LogP contribution >= 0.6 is 34.5 Å². The first-order valence-corrected chi connectivity index (χ1v) is 13.0. The van der Waals surface area contributed by atoms with Crippen LogP contribution in [0.2, 0.25) is 10.0 Å².